The van der Waals surface area contributed by atoms with E-state index in [4.69, 9.17) is 20.6 Å². The molecule has 0 aromatic rings. The number of rotatable bonds is 4. The molecular formula is C9H14O3. The van der Waals surface area contributed by atoms with Gasteiger partial charge in [-0.05, 0) is 6.42 Å². The summed E-state index contributed by atoms with van der Waals surface area (Å²) in [5.74, 6) is 2.41. The Labute approximate surface area is 73.0 Å². The predicted octanol–water partition coefficient (Wildman–Crippen LogP) is 0.788. The van der Waals surface area contributed by atoms with Crippen LogP contribution in [0.1, 0.15) is 12.8 Å². The van der Waals surface area contributed by atoms with Gasteiger partial charge in [0.1, 0.15) is 6.61 Å². The van der Waals surface area contributed by atoms with Crippen LogP contribution in [-0.4, -0.2) is 32.7 Å². The largest absolute Gasteiger partial charge is 0.366 e. The monoisotopic (exact) mass is 170 g/mol. The Balaban J connectivity index is 2.07. The van der Waals surface area contributed by atoms with Gasteiger partial charge < -0.3 is 14.2 Å². The first-order chi connectivity index (χ1) is 5.86. The van der Waals surface area contributed by atoms with Gasteiger partial charge in [0.2, 0.25) is 0 Å². The summed E-state index contributed by atoms with van der Waals surface area (Å²) in [5, 5.41) is 0. The number of hydrogen-bond acceptors (Lipinski definition) is 3. The zero-order valence-corrected chi connectivity index (χ0v) is 7.29. The first-order valence-corrected chi connectivity index (χ1v) is 4.06. The van der Waals surface area contributed by atoms with E-state index >= 15 is 0 Å². The molecule has 0 spiro atoms. The van der Waals surface area contributed by atoms with E-state index < -0.39 is 0 Å². The van der Waals surface area contributed by atoms with Crippen LogP contribution in [0.15, 0.2) is 0 Å². The molecule has 0 amide bonds. The van der Waals surface area contributed by atoms with Crippen molar-refractivity contribution in [3.8, 4) is 12.3 Å². The SMILES string of the molecule is C#CCOCC1CCC(OC)O1. The van der Waals surface area contributed by atoms with Crippen molar-refractivity contribution in [2.24, 2.45) is 0 Å². The molecule has 1 saturated heterocycles. The molecule has 3 nitrogen and oxygen atoms in total. The van der Waals surface area contributed by atoms with Crippen molar-refractivity contribution < 1.29 is 14.2 Å². The standard InChI is InChI=1S/C9H14O3/c1-3-6-11-7-8-4-5-9(10-2)12-8/h1,8-9H,4-7H2,2H3. The van der Waals surface area contributed by atoms with Gasteiger partial charge in [-0.2, -0.15) is 0 Å². The van der Waals surface area contributed by atoms with Crippen molar-refractivity contribution in [3.05, 3.63) is 0 Å². The van der Waals surface area contributed by atoms with Crippen LogP contribution in [0.3, 0.4) is 0 Å². The van der Waals surface area contributed by atoms with E-state index in [0.717, 1.165) is 12.8 Å². The number of terminal acetylenes is 1. The lowest BCUT2D eigenvalue weighted by molar-refractivity contribution is -0.126. The molecule has 0 saturated carbocycles. The lowest BCUT2D eigenvalue weighted by Gasteiger charge is -2.11. The molecule has 12 heavy (non-hydrogen) atoms. The van der Waals surface area contributed by atoms with Crippen LogP contribution in [0.2, 0.25) is 0 Å². The van der Waals surface area contributed by atoms with E-state index in [1.807, 2.05) is 0 Å². The Hall–Kier alpha value is -0.560. The minimum Gasteiger partial charge on any atom is -0.366 e. The summed E-state index contributed by atoms with van der Waals surface area (Å²) in [6, 6.07) is 0. The lowest BCUT2D eigenvalue weighted by Crippen LogP contribution is -2.17. The number of methoxy groups -OCH3 is 1. The van der Waals surface area contributed by atoms with Gasteiger partial charge in [-0.15, -0.1) is 6.42 Å². The quantitative estimate of drug-likeness (QED) is 0.461. The van der Waals surface area contributed by atoms with Crippen LogP contribution < -0.4 is 0 Å². The van der Waals surface area contributed by atoms with Crippen molar-refractivity contribution in [3.63, 3.8) is 0 Å². The summed E-state index contributed by atoms with van der Waals surface area (Å²) in [4.78, 5) is 0. The van der Waals surface area contributed by atoms with Crippen molar-refractivity contribution in [2.45, 2.75) is 25.2 Å². The Morgan fingerprint density at radius 1 is 1.58 bits per heavy atom. The topological polar surface area (TPSA) is 27.7 Å². The molecule has 0 bridgehead atoms. The highest BCUT2D eigenvalue weighted by Crippen LogP contribution is 2.19. The molecule has 3 heteroatoms. The van der Waals surface area contributed by atoms with Crippen LogP contribution in [0.25, 0.3) is 0 Å². The van der Waals surface area contributed by atoms with Crippen LogP contribution in [0, 0.1) is 12.3 Å². The molecule has 0 N–H and O–H groups in total. The first kappa shape index (κ1) is 9.53. The van der Waals surface area contributed by atoms with E-state index in [1.165, 1.54) is 0 Å². The molecule has 68 valence electrons. The molecule has 1 fully saturated rings. The summed E-state index contributed by atoms with van der Waals surface area (Å²) in [6.45, 7) is 0.932. The third-order valence-corrected chi connectivity index (χ3v) is 1.82. The zero-order chi connectivity index (χ0) is 8.81. The zero-order valence-electron chi connectivity index (χ0n) is 7.29. The Morgan fingerprint density at radius 2 is 2.42 bits per heavy atom. The average molecular weight is 170 g/mol. The minimum atomic E-state index is -0.0514. The van der Waals surface area contributed by atoms with Gasteiger partial charge in [-0.1, -0.05) is 5.92 Å². The fourth-order valence-corrected chi connectivity index (χ4v) is 1.22. The molecule has 1 aliphatic rings. The van der Waals surface area contributed by atoms with E-state index in [-0.39, 0.29) is 12.4 Å². The third kappa shape index (κ3) is 2.82. The summed E-state index contributed by atoms with van der Waals surface area (Å²) in [6.07, 6.45) is 7.06. The molecule has 1 rings (SSSR count). The normalized spacial score (nSPS) is 28.7. The van der Waals surface area contributed by atoms with E-state index in [1.54, 1.807) is 7.11 Å². The van der Waals surface area contributed by atoms with Crippen LogP contribution in [0.4, 0.5) is 0 Å². The van der Waals surface area contributed by atoms with E-state index in [2.05, 4.69) is 5.92 Å². The third-order valence-electron chi connectivity index (χ3n) is 1.82. The van der Waals surface area contributed by atoms with Gasteiger partial charge in [0.05, 0.1) is 12.7 Å². The summed E-state index contributed by atoms with van der Waals surface area (Å²) in [7, 11) is 1.65. The van der Waals surface area contributed by atoms with Gasteiger partial charge in [-0.25, -0.2) is 0 Å². The second-order valence-electron chi connectivity index (χ2n) is 2.72. The van der Waals surface area contributed by atoms with Crippen LogP contribution >= 0.6 is 0 Å². The molecule has 1 aliphatic heterocycles. The highest BCUT2D eigenvalue weighted by molar-refractivity contribution is 4.83. The fourth-order valence-electron chi connectivity index (χ4n) is 1.22. The predicted molar refractivity (Wildman–Crippen MR) is 44.6 cm³/mol. The second-order valence-corrected chi connectivity index (χ2v) is 2.72. The molecular weight excluding hydrogens is 156 g/mol. The van der Waals surface area contributed by atoms with Gasteiger partial charge >= 0.3 is 0 Å². The van der Waals surface area contributed by atoms with Crippen LogP contribution in [-0.2, 0) is 14.2 Å². The first-order valence-electron chi connectivity index (χ1n) is 4.06. The molecule has 2 unspecified atom stereocenters. The van der Waals surface area contributed by atoms with Crippen molar-refractivity contribution in [1.29, 1.82) is 0 Å². The summed E-state index contributed by atoms with van der Waals surface area (Å²) >= 11 is 0. The van der Waals surface area contributed by atoms with E-state index in [9.17, 15) is 0 Å². The minimum absolute atomic E-state index is 0.0514. The highest BCUT2D eigenvalue weighted by atomic mass is 16.7. The number of hydrogen-bond donors (Lipinski definition) is 0. The molecule has 0 aromatic heterocycles. The summed E-state index contributed by atoms with van der Waals surface area (Å²) < 4.78 is 15.6. The van der Waals surface area contributed by atoms with Gasteiger partial charge in [0.25, 0.3) is 0 Å². The molecule has 1 heterocycles. The highest BCUT2D eigenvalue weighted by Gasteiger charge is 2.24. The lowest BCUT2D eigenvalue weighted by atomic mass is 10.2. The Morgan fingerprint density at radius 3 is 3.00 bits per heavy atom. The van der Waals surface area contributed by atoms with Crippen molar-refractivity contribution in [1.82, 2.24) is 0 Å². The molecule has 0 aromatic carbocycles. The Kier molecular flexibility index (Phi) is 4.09. The van der Waals surface area contributed by atoms with Crippen molar-refractivity contribution >= 4 is 0 Å². The smallest absolute Gasteiger partial charge is 0.157 e. The van der Waals surface area contributed by atoms with Crippen molar-refractivity contribution in [2.75, 3.05) is 20.3 Å². The molecule has 0 aliphatic carbocycles. The maximum absolute atomic E-state index is 5.44. The fraction of sp³-hybridized carbons (Fsp3) is 0.778. The summed E-state index contributed by atoms with van der Waals surface area (Å²) in [5.41, 5.74) is 0. The number of ether oxygens (including phenoxy) is 3. The average Bonchev–Trinajstić information content (AvgIpc) is 2.53. The van der Waals surface area contributed by atoms with Gasteiger partial charge in [0.15, 0.2) is 6.29 Å². The maximum atomic E-state index is 5.44. The molecule has 0 radical (unpaired) electrons. The maximum Gasteiger partial charge on any atom is 0.157 e. The van der Waals surface area contributed by atoms with Gasteiger partial charge in [-0.3, -0.25) is 0 Å². The van der Waals surface area contributed by atoms with E-state index in [0.29, 0.717) is 13.2 Å². The second kappa shape index (κ2) is 5.15. The van der Waals surface area contributed by atoms with Gasteiger partial charge in [0, 0.05) is 13.5 Å². The van der Waals surface area contributed by atoms with Crippen LogP contribution in [0.5, 0.6) is 0 Å². The Bertz CT molecular complexity index is 162. The molecule has 2 atom stereocenters.